The van der Waals surface area contributed by atoms with Gasteiger partial charge < -0.3 is 10.2 Å². The number of carbonyl (C=O) groups is 1. The minimum Gasteiger partial charge on any atom is -0.336 e. The van der Waals surface area contributed by atoms with Crippen molar-refractivity contribution in [1.29, 1.82) is 0 Å². The molecule has 0 unspecified atom stereocenters. The second-order valence-electron chi connectivity index (χ2n) is 4.23. The van der Waals surface area contributed by atoms with Gasteiger partial charge in [-0.1, -0.05) is 11.6 Å². The summed E-state index contributed by atoms with van der Waals surface area (Å²) in [5.74, 6) is -0.333. The molecule has 1 aromatic rings. The van der Waals surface area contributed by atoms with E-state index in [1.54, 1.807) is 4.90 Å². The number of nitrogens with zero attached hydrogens (tertiary/aromatic N) is 1. The zero-order valence-corrected chi connectivity index (χ0v) is 11.9. The molecule has 0 spiro atoms. The minimum absolute atomic E-state index is 0. The molecule has 1 aromatic carbocycles. The van der Waals surface area contributed by atoms with Gasteiger partial charge >= 0.3 is 6.18 Å². The van der Waals surface area contributed by atoms with Crippen LogP contribution in [0.3, 0.4) is 0 Å². The summed E-state index contributed by atoms with van der Waals surface area (Å²) in [6.45, 7) is 2.39. The van der Waals surface area contributed by atoms with Crippen LogP contribution < -0.4 is 5.32 Å². The lowest BCUT2D eigenvalue weighted by Crippen LogP contribution is -2.46. The molecule has 0 atom stereocenters. The first kappa shape index (κ1) is 17.1. The SMILES string of the molecule is Cl.O=C(c1ccc(C(F)(F)F)cc1Cl)N1CCNCC1. The van der Waals surface area contributed by atoms with E-state index in [-0.39, 0.29) is 28.9 Å². The van der Waals surface area contributed by atoms with Crippen molar-refractivity contribution in [2.75, 3.05) is 26.2 Å². The van der Waals surface area contributed by atoms with Gasteiger partial charge in [-0.25, -0.2) is 0 Å². The average molecular weight is 329 g/mol. The molecule has 1 N–H and O–H groups in total. The van der Waals surface area contributed by atoms with Crippen LogP contribution in [0.25, 0.3) is 0 Å². The normalized spacial score (nSPS) is 15.7. The van der Waals surface area contributed by atoms with E-state index in [2.05, 4.69) is 5.32 Å². The fraction of sp³-hybridized carbons (Fsp3) is 0.417. The lowest BCUT2D eigenvalue weighted by atomic mass is 10.1. The highest BCUT2D eigenvalue weighted by Gasteiger charge is 2.31. The van der Waals surface area contributed by atoms with Crippen molar-refractivity contribution < 1.29 is 18.0 Å². The molecule has 112 valence electrons. The van der Waals surface area contributed by atoms with Gasteiger partial charge in [0.1, 0.15) is 0 Å². The molecule has 1 heterocycles. The molecule has 0 aliphatic carbocycles. The summed E-state index contributed by atoms with van der Waals surface area (Å²) < 4.78 is 37.5. The number of hydrogen-bond donors (Lipinski definition) is 1. The van der Waals surface area contributed by atoms with Gasteiger partial charge in [0, 0.05) is 26.2 Å². The Morgan fingerprint density at radius 3 is 2.35 bits per heavy atom. The van der Waals surface area contributed by atoms with Crippen molar-refractivity contribution in [2.24, 2.45) is 0 Å². The third-order valence-corrected chi connectivity index (χ3v) is 3.24. The van der Waals surface area contributed by atoms with Gasteiger partial charge in [0.2, 0.25) is 0 Å². The monoisotopic (exact) mass is 328 g/mol. The molecule has 0 saturated carbocycles. The van der Waals surface area contributed by atoms with E-state index in [0.717, 1.165) is 18.2 Å². The summed E-state index contributed by atoms with van der Waals surface area (Å²) in [5.41, 5.74) is -0.745. The fourth-order valence-electron chi connectivity index (χ4n) is 1.90. The molecule has 1 fully saturated rings. The van der Waals surface area contributed by atoms with Gasteiger partial charge in [-0.05, 0) is 18.2 Å². The quantitative estimate of drug-likeness (QED) is 0.859. The molecule has 0 radical (unpaired) electrons. The second kappa shape index (κ2) is 6.65. The van der Waals surface area contributed by atoms with Crippen molar-refractivity contribution in [2.45, 2.75) is 6.18 Å². The number of hydrogen-bond acceptors (Lipinski definition) is 2. The molecule has 3 nitrogen and oxygen atoms in total. The Balaban J connectivity index is 0.00000200. The smallest absolute Gasteiger partial charge is 0.336 e. The number of alkyl halides is 3. The van der Waals surface area contributed by atoms with Crippen molar-refractivity contribution in [3.05, 3.63) is 34.3 Å². The summed E-state index contributed by atoms with van der Waals surface area (Å²) >= 11 is 5.79. The molecule has 0 aromatic heterocycles. The first-order chi connectivity index (χ1) is 8.89. The molecule has 8 heteroatoms. The molecule has 1 saturated heterocycles. The summed E-state index contributed by atoms with van der Waals surface area (Å²) in [4.78, 5) is 13.7. The van der Waals surface area contributed by atoms with Crippen LogP contribution in [0, 0.1) is 0 Å². The first-order valence-corrected chi connectivity index (χ1v) is 6.14. The van der Waals surface area contributed by atoms with Gasteiger partial charge in [-0.2, -0.15) is 13.2 Å². The molecule has 2 rings (SSSR count). The van der Waals surface area contributed by atoms with Gasteiger partial charge in [-0.15, -0.1) is 12.4 Å². The number of halogens is 5. The zero-order chi connectivity index (χ0) is 14.0. The minimum atomic E-state index is -4.46. The standard InChI is InChI=1S/C12H12ClF3N2O.ClH/c13-10-7-8(12(14,15)16)1-2-9(10)11(19)18-5-3-17-4-6-18;/h1-2,7,17H,3-6H2;1H. The predicted octanol–water partition coefficient (Wildman–Crippen LogP) is 2.83. The Hall–Kier alpha value is -0.980. The van der Waals surface area contributed by atoms with Crippen LogP contribution >= 0.6 is 24.0 Å². The lowest BCUT2D eigenvalue weighted by Gasteiger charge is -2.27. The van der Waals surface area contributed by atoms with E-state index in [9.17, 15) is 18.0 Å². The number of nitrogens with one attached hydrogen (secondary N) is 1. The Morgan fingerprint density at radius 2 is 1.85 bits per heavy atom. The molecule has 0 bridgehead atoms. The number of rotatable bonds is 1. The average Bonchev–Trinajstić information content (AvgIpc) is 2.38. The Kier molecular flexibility index (Phi) is 5.68. The maximum atomic E-state index is 12.5. The Morgan fingerprint density at radius 1 is 1.25 bits per heavy atom. The molecule has 1 amide bonds. The summed E-state index contributed by atoms with van der Waals surface area (Å²) in [7, 11) is 0. The maximum absolute atomic E-state index is 12.5. The molecule has 20 heavy (non-hydrogen) atoms. The van der Waals surface area contributed by atoms with Crippen LogP contribution in [-0.4, -0.2) is 37.0 Å². The number of piperazine rings is 1. The van der Waals surface area contributed by atoms with Crippen LogP contribution in [0.4, 0.5) is 13.2 Å². The first-order valence-electron chi connectivity index (χ1n) is 5.76. The summed E-state index contributed by atoms with van der Waals surface area (Å²) in [5, 5.41) is 2.92. The van der Waals surface area contributed by atoms with Crippen molar-refractivity contribution in [1.82, 2.24) is 10.2 Å². The zero-order valence-electron chi connectivity index (χ0n) is 10.3. The van der Waals surface area contributed by atoms with Crippen molar-refractivity contribution >= 4 is 29.9 Å². The molecule has 1 aliphatic heterocycles. The third kappa shape index (κ3) is 3.77. The van der Waals surface area contributed by atoms with Crippen molar-refractivity contribution in [3.8, 4) is 0 Å². The van der Waals surface area contributed by atoms with Crippen LogP contribution in [0.5, 0.6) is 0 Å². The highest BCUT2D eigenvalue weighted by Crippen LogP contribution is 2.32. The molecular formula is C12H13Cl2F3N2O. The van der Waals surface area contributed by atoms with E-state index in [4.69, 9.17) is 11.6 Å². The highest BCUT2D eigenvalue weighted by atomic mass is 35.5. The predicted molar refractivity (Wildman–Crippen MR) is 72.5 cm³/mol. The summed E-state index contributed by atoms with van der Waals surface area (Å²) in [6.07, 6.45) is -4.46. The highest BCUT2D eigenvalue weighted by molar-refractivity contribution is 6.33. The van der Waals surface area contributed by atoms with Gasteiger partial charge in [0.15, 0.2) is 0 Å². The Labute approximate surface area is 125 Å². The van der Waals surface area contributed by atoms with E-state index >= 15 is 0 Å². The summed E-state index contributed by atoms with van der Waals surface area (Å²) in [6, 6.07) is 2.80. The number of benzene rings is 1. The van der Waals surface area contributed by atoms with Crippen LogP contribution in [-0.2, 0) is 6.18 Å². The number of carbonyl (C=O) groups excluding carboxylic acids is 1. The number of amides is 1. The van der Waals surface area contributed by atoms with Crippen LogP contribution in [0.15, 0.2) is 18.2 Å². The topological polar surface area (TPSA) is 32.3 Å². The largest absolute Gasteiger partial charge is 0.416 e. The van der Waals surface area contributed by atoms with E-state index in [1.807, 2.05) is 0 Å². The second-order valence-corrected chi connectivity index (χ2v) is 4.64. The van der Waals surface area contributed by atoms with Crippen LogP contribution in [0.2, 0.25) is 5.02 Å². The fourth-order valence-corrected chi connectivity index (χ4v) is 2.16. The van der Waals surface area contributed by atoms with Gasteiger partial charge in [0.05, 0.1) is 16.1 Å². The Bertz CT molecular complexity index is 488. The van der Waals surface area contributed by atoms with Gasteiger partial charge in [0.25, 0.3) is 5.91 Å². The third-order valence-electron chi connectivity index (χ3n) is 2.93. The van der Waals surface area contributed by atoms with Gasteiger partial charge in [-0.3, -0.25) is 4.79 Å². The van der Waals surface area contributed by atoms with Crippen molar-refractivity contribution in [3.63, 3.8) is 0 Å². The van der Waals surface area contributed by atoms with E-state index < -0.39 is 11.7 Å². The molecular weight excluding hydrogens is 316 g/mol. The maximum Gasteiger partial charge on any atom is 0.416 e. The van der Waals surface area contributed by atoms with Crippen LogP contribution in [0.1, 0.15) is 15.9 Å². The lowest BCUT2D eigenvalue weighted by molar-refractivity contribution is -0.137. The van der Waals surface area contributed by atoms with E-state index in [0.29, 0.717) is 26.2 Å². The van der Waals surface area contributed by atoms with E-state index in [1.165, 1.54) is 0 Å². The molecule has 1 aliphatic rings.